The molecule has 118 valence electrons. The van der Waals surface area contributed by atoms with Crippen molar-refractivity contribution >= 4 is 5.91 Å². The lowest BCUT2D eigenvalue weighted by atomic mass is 10.00. The number of benzene rings is 1. The minimum absolute atomic E-state index is 0.0000983. The Bertz CT molecular complexity index is 425. The number of carbonyl (C=O) groups excluding carboxylic acids is 1. The highest BCUT2D eigenvalue weighted by molar-refractivity contribution is 5.81. The van der Waals surface area contributed by atoms with Crippen molar-refractivity contribution in [2.45, 2.75) is 59.6 Å². The zero-order valence-corrected chi connectivity index (χ0v) is 14.0. The molecule has 21 heavy (non-hydrogen) atoms. The topological polar surface area (TPSA) is 38.3 Å². The Morgan fingerprint density at radius 3 is 2.24 bits per heavy atom. The van der Waals surface area contributed by atoms with Gasteiger partial charge in [-0.1, -0.05) is 45.0 Å². The Morgan fingerprint density at radius 2 is 1.76 bits per heavy atom. The van der Waals surface area contributed by atoms with Crippen LogP contribution in [0.4, 0.5) is 0 Å². The van der Waals surface area contributed by atoms with Gasteiger partial charge in [0, 0.05) is 6.61 Å². The molecular weight excluding hydrogens is 262 g/mol. The maximum absolute atomic E-state index is 12.1. The molecule has 0 aliphatic heterocycles. The monoisotopic (exact) mass is 291 g/mol. The molecule has 0 saturated carbocycles. The Kier molecular flexibility index (Phi) is 7.44. The summed E-state index contributed by atoms with van der Waals surface area (Å²) in [7, 11) is 0. The van der Waals surface area contributed by atoms with Gasteiger partial charge in [0.2, 0.25) is 5.91 Å². The number of rotatable bonds is 8. The van der Waals surface area contributed by atoms with Gasteiger partial charge in [-0.2, -0.15) is 0 Å². The fourth-order valence-electron chi connectivity index (χ4n) is 2.38. The van der Waals surface area contributed by atoms with E-state index in [-0.39, 0.29) is 18.1 Å². The van der Waals surface area contributed by atoms with Crippen LogP contribution in [0.2, 0.25) is 0 Å². The molecule has 0 fully saturated rings. The van der Waals surface area contributed by atoms with E-state index >= 15 is 0 Å². The second-order valence-electron chi connectivity index (χ2n) is 5.92. The van der Waals surface area contributed by atoms with Crippen LogP contribution >= 0.6 is 0 Å². The zero-order chi connectivity index (χ0) is 15.8. The van der Waals surface area contributed by atoms with Crippen LogP contribution in [0.15, 0.2) is 24.3 Å². The largest absolute Gasteiger partial charge is 0.369 e. The van der Waals surface area contributed by atoms with Gasteiger partial charge in [-0.3, -0.25) is 4.79 Å². The minimum Gasteiger partial charge on any atom is -0.369 e. The van der Waals surface area contributed by atoms with E-state index in [2.05, 4.69) is 43.4 Å². The average molecular weight is 291 g/mol. The highest BCUT2D eigenvalue weighted by Crippen LogP contribution is 2.16. The molecule has 1 amide bonds. The Labute approximate surface area is 129 Å². The Hall–Kier alpha value is -1.35. The quantitative estimate of drug-likeness (QED) is 0.789. The lowest BCUT2D eigenvalue weighted by Crippen LogP contribution is -2.37. The molecule has 0 heterocycles. The molecule has 3 nitrogen and oxygen atoms in total. The molecule has 2 atom stereocenters. The third-order valence-electron chi connectivity index (χ3n) is 3.51. The van der Waals surface area contributed by atoms with Crippen molar-refractivity contribution in [2.75, 3.05) is 6.61 Å². The predicted octanol–water partition coefficient (Wildman–Crippen LogP) is 3.88. The van der Waals surface area contributed by atoms with Crippen molar-refractivity contribution in [3.63, 3.8) is 0 Å². The van der Waals surface area contributed by atoms with E-state index in [9.17, 15) is 4.79 Å². The van der Waals surface area contributed by atoms with E-state index in [4.69, 9.17) is 4.74 Å². The summed E-state index contributed by atoms with van der Waals surface area (Å²) in [5.41, 5.74) is 2.47. The van der Waals surface area contributed by atoms with E-state index in [0.29, 0.717) is 18.9 Å². The second kappa shape index (κ2) is 8.83. The molecule has 0 aliphatic carbocycles. The fraction of sp³-hybridized carbons (Fsp3) is 0.611. The first kappa shape index (κ1) is 17.7. The Morgan fingerprint density at radius 1 is 1.14 bits per heavy atom. The first-order chi connectivity index (χ1) is 9.97. The minimum atomic E-state index is -0.349. The van der Waals surface area contributed by atoms with E-state index in [1.165, 1.54) is 5.56 Å². The summed E-state index contributed by atoms with van der Waals surface area (Å²) in [6, 6.07) is 8.50. The van der Waals surface area contributed by atoms with Crippen molar-refractivity contribution in [2.24, 2.45) is 5.92 Å². The average Bonchev–Trinajstić information content (AvgIpc) is 2.44. The molecule has 1 aromatic carbocycles. The molecule has 0 radical (unpaired) electrons. The molecule has 1 rings (SSSR count). The summed E-state index contributed by atoms with van der Waals surface area (Å²) in [4.78, 5) is 12.1. The molecule has 0 saturated heterocycles. The lowest BCUT2D eigenvalue weighted by Gasteiger charge is -2.20. The number of amides is 1. The molecule has 1 aromatic rings. The molecule has 2 unspecified atom stereocenters. The standard InChI is InChI=1S/C18H29NO2/c1-6-17(21-7-2)18(20)19-14(5)16-10-8-15(9-11-16)12-13(3)4/h8-11,13-14,17H,6-7,12H2,1-5H3,(H,19,20). The number of hydrogen-bond donors (Lipinski definition) is 1. The highest BCUT2D eigenvalue weighted by Gasteiger charge is 2.18. The zero-order valence-electron chi connectivity index (χ0n) is 14.0. The van der Waals surface area contributed by atoms with Gasteiger partial charge in [-0.05, 0) is 43.7 Å². The van der Waals surface area contributed by atoms with Crippen LogP contribution in [0.5, 0.6) is 0 Å². The highest BCUT2D eigenvalue weighted by atomic mass is 16.5. The van der Waals surface area contributed by atoms with Crippen molar-refractivity contribution in [3.8, 4) is 0 Å². The van der Waals surface area contributed by atoms with Crippen LogP contribution in [0.25, 0.3) is 0 Å². The molecule has 0 aliphatic rings. The van der Waals surface area contributed by atoms with Crippen molar-refractivity contribution < 1.29 is 9.53 Å². The maximum Gasteiger partial charge on any atom is 0.249 e. The van der Waals surface area contributed by atoms with Gasteiger partial charge in [0.15, 0.2) is 0 Å². The van der Waals surface area contributed by atoms with Crippen LogP contribution in [0, 0.1) is 5.92 Å². The number of hydrogen-bond acceptors (Lipinski definition) is 2. The molecule has 0 bridgehead atoms. The number of nitrogens with one attached hydrogen (secondary N) is 1. The summed E-state index contributed by atoms with van der Waals surface area (Å²) < 4.78 is 5.44. The van der Waals surface area contributed by atoms with E-state index in [0.717, 1.165) is 12.0 Å². The number of ether oxygens (including phenoxy) is 1. The summed E-state index contributed by atoms with van der Waals surface area (Å²) in [6.45, 7) is 10.9. The molecular formula is C18H29NO2. The van der Waals surface area contributed by atoms with Gasteiger partial charge in [-0.15, -0.1) is 0 Å². The predicted molar refractivity (Wildman–Crippen MR) is 87.2 cm³/mol. The van der Waals surface area contributed by atoms with Gasteiger partial charge < -0.3 is 10.1 Å². The van der Waals surface area contributed by atoms with Gasteiger partial charge in [0.05, 0.1) is 6.04 Å². The normalized spacial score (nSPS) is 14.0. The summed E-state index contributed by atoms with van der Waals surface area (Å²) in [5, 5.41) is 3.03. The van der Waals surface area contributed by atoms with Crippen LogP contribution in [-0.2, 0) is 16.0 Å². The van der Waals surface area contributed by atoms with Gasteiger partial charge in [-0.25, -0.2) is 0 Å². The summed E-state index contributed by atoms with van der Waals surface area (Å²) >= 11 is 0. The van der Waals surface area contributed by atoms with Gasteiger partial charge in [0.1, 0.15) is 6.10 Å². The summed E-state index contributed by atoms with van der Waals surface area (Å²) in [6.07, 6.45) is 1.43. The number of carbonyl (C=O) groups is 1. The molecule has 0 spiro atoms. The van der Waals surface area contributed by atoms with Crippen molar-refractivity contribution in [3.05, 3.63) is 35.4 Å². The van der Waals surface area contributed by atoms with Crippen LogP contribution in [-0.4, -0.2) is 18.6 Å². The van der Waals surface area contributed by atoms with Crippen LogP contribution in [0.1, 0.15) is 58.2 Å². The van der Waals surface area contributed by atoms with Crippen molar-refractivity contribution in [1.29, 1.82) is 0 Å². The fourth-order valence-corrected chi connectivity index (χ4v) is 2.38. The SMILES string of the molecule is CCOC(CC)C(=O)NC(C)c1ccc(CC(C)C)cc1. The smallest absolute Gasteiger partial charge is 0.249 e. The molecule has 0 aromatic heterocycles. The first-order valence-corrected chi connectivity index (χ1v) is 7.98. The molecule has 3 heteroatoms. The molecule has 1 N–H and O–H groups in total. The third kappa shape index (κ3) is 5.88. The lowest BCUT2D eigenvalue weighted by molar-refractivity contribution is -0.133. The van der Waals surface area contributed by atoms with Crippen LogP contribution in [0.3, 0.4) is 0 Å². The van der Waals surface area contributed by atoms with Gasteiger partial charge in [0.25, 0.3) is 0 Å². The van der Waals surface area contributed by atoms with Gasteiger partial charge >= 0.3 is 0 Å². The van der Waals surface area contributed by atoms with Crippen molar-refractivity contribution in [1.82, 2.24) is 5.32 Å². The van der Waals surface area contributed by atoms with Crippen LogP contribution < -0.4 is 5.32 Å². The summed E-state index contributed by atoms with van der Waals surface area (Å²) in [5.74, 6) is 0.627. The maximum atomic E-state index is 12.1. The van der Waals surface area contributed by atoms with E-state index in [1.807, 2.05) is 20.8 Å². The Balaban J connectivity index is 2.62. The van der Waals surface area contributed by atoms with E-state index in [1.54, 1.807) is 0 Å². The first-order valence-electron chi connectivity index (χ1n) is 7.98. The van der Waals surface area contributed by atoms with E-state index < -0.39 is 0 Å². The second-order valence-corrected chi connectivity index (χ2v) is 5.92. The third-order valence-corrected chi connectivity index (χ3v) is 3.51.